The Balaban J connectivity index is 1.39. The Morgan fingerprint density at radius 1 is 1.07 bits per heavy atom. The zero-order valence-electron chi connectivity index (χ0n) is 32.2. The van der Waals surface area contributed by atoms with E-state index in [0.29, 0.717) is 16.7 Å². The number of hydrogen-bond acceptors (Lipinski definition) is 14. The van der Waals surface area contributed by atoms with Crippen molar-refractivity contribution < 1.29 is 67.4 Å². The van der Waals surface area contributed by atoms with Crippen LogP contribution in [0.25, 0.3) is 0 Å². The lowest BCUT2D eigenvalue weighted by Crippen LogP contribution is -2.79. The highest BCUT2D eigenvalue weighted by Crippen LogP contribution is 2.73. The summed E-state index contributed by atoms with van der Waals surface area (Å²) in [6, 6.07) is 7.65. The van der Waals surface area contributed by atoms with E-state index in [1.54, 1.807) is 78.8 Å². The van der Waals surface area contributed by atoms with Crippen LogP contribution in [0.15, 0.2) is 53.3 Å². The molecule has 298 valence electrons. The second-order valence-corrected chi connectivity index (χ2v) is 16.8. The summed E-state index contributed by atoms with van der Waals surface area (Å²) < 4.78 is 34.2. The molecule has 15 heteroatoms. The number of fused-ring (bicyclic) bond motifs is 2. The largest absolute Gasteiger partial charge is 0.467 e. The van der Waals surface area contributed by atoms with Crippen molar-refractivity contribution in [3.8, 4) is 0 Å². The molecule has 2 aliphatic heterocycles. The van der Waals surface area contributed by atoms with Crippen molar-refractivity contribution >= 4 is 35.8 Å². The molecule has 3 N–H and O–H groups in total. The summed E-state index contributed by atoms with van der Waals surface area (Å²) in [7, 11) is 1.07. The number of esters is 4. The summed E-state index contributed by atoms with van der Waals surface area (Å²) in [5.74, 6) is -7.82. The predicted octanol–water partition coefficient (Wildman–Crippen LogP) is 2.64. The Morgan fingerprint density at radius 2 is 1.75 bits per heavy atom. The molecule has 2 heterocycles. The molecule has 15 nitrogen and oxygen atoms in total. The maximum absolute atomic E-state index is 14.2. The third kappa shape index (κ3) is 6.53. The quantitative estimate of drug-likeness (QED) is 0.197. The number of hydrogen-bond donors (Lipinski definition) is 3. The van der Waals surface area contributed by atoms with Gasteiger partial charge in [-0.15, -0.1) is 0 Å². The van der Waals surface area contributed by atoms with Gasteiger partial charge in [-0.25, -0.2) is 24.0 Å². The van der Waals surface area contributed by atoms with Crippen LogP contribution in [0.4, 0.5) is 4.79 Å². The highest BCUT2D eigenvalue weighted by atomic mass is 16.6. The molecule has 4 fully saturated rings. The van der Waals surface area contributed by atoms with Crippen LogP contribution in [0.1, 0.15) is 66.9 Å². The van der Waals surface area contributed by atoms with E-state index in [1.807, 2.05) is 0 Å². The second kappa shape index (κ2) is 14.2. The minimum absolute atomic E-state index is 0.0238. The normalized spacial score (nSPS) is 35.3. The molecule has 1 aromatic carbocycles. The predicted molar refractivity (Wildman–Crippen MR) is 189 cm³/mol. The number of methoxy groups -OCH3 is 1. The zero-order valence-corrected chi connectivity index (χ0v) is 32.2. The minimum Gasteiger partial charge on any atom is -0.467 e. The lowest BCUT2D eigenvalue weighted by molar-refractivity contribution is -0.290. The van der Waals surface area contributed by atoms with Crippen LogP contribution in [0.5, 0.6) is 0 Å². The minimum atomic E-state index is -2.32. The lowest BCUT2D eigenvalue weighted by Gasteiger charge is -2.67. The average molecular weight is 768 g/mol. The third-order valence-electron chi connectivity index (χ3n) is 11.9. The van der Waals surface area contributed by atoms with Gasteiger partial charge in [-0.3, -0.25) is 4.79 Å². The number of aliphatic hydroxyl groups is 2. The molecule has 3 aliphatic carbocycles. The first-order valence-corrected chi connectivity index (χ1v) is 18.3. The van der Waals surface area contributed by atoms with Crippen molar-refractivity contribution in [1.82, 2.24) is 5.32 Å². The van der Waals surface area contributed by atoms with Gasteiger partial charge in [0.2, 0.25) is 11.7 Å². The van der Waals surface area contributed by atoms with Crippen LogP contribution in [-0.4, -0.2) is 101 Å². The van der Waals surface area contributed by atoms with Crippen molar-refractivity contribution in [2.75, 3.05) is 13.7 Å². The molecular formula is C40H49NO14. The highest BCUT2D eigenvalue weighted by molar-refractivity contribution is 5.99. The summed E-state index contributed by atoms with van der Waals surface area (Å²) in [5, 5.41) is 26.5. The van der Waals surface area contributed by atoms with E-state index in [0.717, 1.165) is 7.11 Å². The van der Waals surface area contributed by atoms with Crippen molar-refractivity contribution in [3.63, 3.8) is 0 Å². The molecule has 6 rings (SSSR count). The summed E-state index contributed by atoms with van der Waals surface area (Å²) in [4.78, 5) is 81.4. The fourth-order valence-corrected chi connectivity index (χ4v) is 10.0. The number of amides is 1. The first-order valence-electron chi connectivity index (χ1n) is 18.3. The van der Waals surface area contributed by atoms with Gasteiger partial charge in [0.1, 0.15) is 23.9 Å². The van der Waals surface area contributed by atoms with Gasteiger partial charge >= 0.3 is 30.0 Å². The molecule has 0 aromatic heterocycles. The molecule has 2 unspecified atom stereocenters. The van der Waals surface area contributed by atoms with E-state index in [-0.39, 0.29) is 31.6 Å². The summed E-state index contributed by atoms with van der Waals surface area (Å²) in [6.07, 6.45) is -6.42. The molecule has 1 spiro atoms. The first kappa shape index (κ1) is 40.1. The average Bonchev–Trinajstić information content (AvgIpc) is 3.40. The Labute approximate surface area is 318 Å². The molecule has 11 atom stereocenters. The van der Waals surface area contributed by atoms with Crippen LogP contribution >= 0.6 is 0 Å². The number of ether oxygens (including phenoxy) is 6. The number of alkyl carbamates (subject to hydrolysis) is 1. The second-order valence-electron chi connectivity index (χ2n) is 16.8. The van der Waals surface area contributed by atoms with Crippen LogP contribution in [0, 0.1) is 28.6 Å². The van der Waals surface area contributed by atoms with Crippen molar-refractivity contribution in [2.24, 2.45) is 28.6 Å². The molecule has 55 heavy (non-hydrogen) atoms. The number of aliphatic hydroxyl groups excluding tert-OH is 2. The van der Waals surface area contributed by atoms with E-state index >= 15 is 0 Å². The van der Waals surface area contributed by atoms with Crippen molar-refractivity contribution in [1.29, 1.82) is 0 Å². The van der Waals surface area contributed by atoms with E-state index in [2.05, 4.69) is 5.32 Å². The molecule has 2 saturated carbocycles. The monoisotopic (exact) mass is 767 g/mol. The van der Waals surface area contributed by atoms with Crippen molar-refractivity contribution in [2.45, 2.75) is 109 Å². The Hall–Kier alpha value is -4.60. The zero-order chi connectivity index (χ0) is 40.4. The molecule has 2 bridgehead atoms. The van der Waals surface area contributed by atoms with Gasteiger partial charge in [0, 0.05) is 30.3 Å². The van der Waals surface area contributed by atoms with E-state index in [9.17, 15) is 39.0 Å². The summed E-state index contributed by atoms with van der Waals surface area (Å²) in [6.45, 7) is 11.4. The summed E-state index contributed by atoms with van der Waals surface area (Å²) >= 11 is 0. The number of ketones is 1. The van der Waals surface area contributed by atoms with Gasteiger partial charge in [-0.05, 0) is 70.4 Å². The molecule has 5 aliphatic rings. The Kier molecular flexibility index (Phi) is 10.3. The molecule has 1 aromatic rings. The van der Waals surface area contributed by atoms with E-state index in [1.165, 1.54) is 6.08 Å². The SMILES string of the molecule is COC(=O)C12OC[C@]34C([C@@H](O)[C@@H]1O)[C@@]1(C)CC(=O)C(OC(=O)[C@H](Cc5ccccc5)NC(=O)OC(C)(C)C)=C(C)[C@@H]1C[C@H]3OC(=O)[C@H](OC(=O)C=C(C)C)[C@@H]24. The van der Waals surface area contributed by atoms with Crippen LogP contribution in [0.3, 0.4) is 0 Å². The number of allylic oxidation sites excluding steroid dienone is 3. The van der Waals surface area contributed by atoms with E-state index in [4.69, 9.17) is 28.4 Å². The van der Waals surface area contributed by atoms with Crippen LogP contribution < -0.4 is 5.32 Å². The molecule has 0 radical (unpaired) electrons. The first-order chi connectivity index (χ1) is 25.7. The molecule has 1 amide bonds. The van der Waals surface area contributed by atoms with Gasteiger partial charge in [0.25, 0.3) is 0 Å². The lowest BCUT2D eigenvalue weighted by atomic mass is 9.38. The van der Waals surface area contributed by atoms with Crippen LogP contribution in [-0.2, 0) is 58.8 Å². The summed E-state index contributed by atoms with van der Waals surface area (Å²) in [5.41, 5.74) is -4.21. The Bertz CT molecular complexity index is 1840. The number of rotatable bonds is 8. The number of nitrogens with one attached hydrogen (secondary N) is 1. The van der Waals surface area contributed by atoms with Gasteiger partial charge < -0.3 is 44.0 Å². The molecular weight excluding hydrogens is 718 g/mol. The molecule has 2 saturated heterocycles. The maximum atomic E-state index is 14.2. The fraction of sp³-hybridized carbons (Fsp3) is 0.600. The number of carbonyl (C=O) groups is 6. The maximum Gasteiger partial charge on any atom is 0.408 e. The number of benzene rings is 1. The number of carbonyl (C=O) groups excluding carboxylic acids is 6. The van der Waals surface area contributed by atoms with Gasteiger partial charge in [-0.2, -0.15) is 0 Å². The van der Waals surface area contributed by atoms with Crippen LogP contribution in [0.2, 0.25) is 0 Å². The van der Waals surface area contributed by atoms with Gasteiger partial charge in [0.15, 0.2) is 11.5 Å². The van der Waals surface area contributed by atoms with Crippen molar-refractivity contribution in [3.05, 3.63) is 58.9 Å². The van der Waals surface area contributed by atoms with Gasteiger partial charge in [0.05, 0.1) is 25.7 Å². The van der Waals surface area contributed by atoms with E-state index < -0.39 is 106 Å². The third-order valence-corrected chi connectivity index (χ3v) is 11.9. The Morgan fingerprint density at radius 3 is 2.36 bits per heavy atom. The van der Waals surface area contributed by atoms with Gasteiger partial charge in [-0.1, -0.05) is 42.8 Å². The standard InChI is InChI=1S/C40H49NO14/c1-19(2)14-26(43)53-29-31-39-18-51-40(31,35(48)50-8)32(45)27(44)30(39)38(7)17-24(42)28(20(3)22(38)16-25(39)52-34(29)47)54-33(46)23(15-21-12-10-9-11-13-21)41-36(49)55-37(4,5)6/h9-14,22-23,25,27,29-32,44-45H,15-18H2,1-8H3,(H,41,49)/t22-,23-,25+,27+,29+,30?,31+,32-,38-,39+,40?/m0/s1. The smallest absolute Gasteiger partial charge is 0.408 e. The fourth-order valence-electron chi connectivity index (χ4n) is 10.0. The highest BCUT2D eigenvalue weighted by Gasteiger charge is 2.85. The number of Topliss-reactive ketones (excluding diaryl/α,β-unsaturated/α-hetero) is 1. The topological polar surface area (TPSA) is 210 Å².